The Kier molecular flexibility index (Phi) is 5.00. The summed E-state index contributed by atoms with van der Waals surface area (Å²) in [5, 5.41) is 1.31. The van der Waals surface area contributed by atoms with Crippen LogP contribution in [-0.4, -0.2) is 16.0 Å². The van der Waals surface area contributed by atoms with E-state index in [1.54, 1.807) is 12.3 Å². The van der Waals surface area contributed by atoms with Crippen LogP contribution in [0.25, 0.3) is 0 Å². The van der Waals surface area contributed by atoms with E-state index in [-0.39, 0.29) is 11.0 Å². The van der Waals surface area contributed by atoms with Gasteiger partial charge in [0.15, 0.2) is 5.78 Å². The number of nitrogens with zero attached hydrogens (tertiary/aromatic N) is 1. The molecule has 0 aliphatic heterocycles. The Bertz CT molecular complexity index is 542. The van der Waals surface area contributed by atoms with Crippen LogP contribution in [0.5, 0.6) is 0 Å². The zero-order valence-corrected chi connectivity index (χ0v) is 12.1. The monoisotopic (exact) mass is 291 g/mol. The first-order valence-electron chi connectivity index (χ1n) is 6.08. The van der Waals surface area contributed by atoms with Crippen LogP contribution in [0.15, 0.2) is 53.7 Å². The minimum Gasteiger partial charge on any atom is -0.293 e. The van der Waals surface area contributed by atoms with Crippen LogP contribution in [0.4, 0.5) is 0 Å². The molecule has 2 aromatic rings. The summed E-state index contributed by atoms with van der Waals surface area (Å²) in [5.74, 6) is 0.143. The van der Waals surface area contributed by atoms with Crippen molar-refractivity contribution < 1.29 is 4.79 Å². The van der Waals surface area contributed by atoms with Gasteiger partial charge >= 0.3 is 0 Å². The Hall–Kier alpha value is -1.32. The quantitative estimate of drug-likeness (QED) is 0.600. The normalized spacial score (nSPS) is 12.1. The third-order valence-electron chi connectivity index (χ3n) is 2.68. The Morgan fingerprint density at radius 1 is 1.26 bits per heavy atom. The minimum atomic E-state index is -0.115. The van der Waals surface area contributed by atoms with Gasteiger partial charge in [-0.2, -0.15) is 0 Å². The standard InChI is InChI=1S/C15H14ClNOS/c1-2-13(15(18)11-6-4-3-5-7-11)19-14-9-8-12(16)10-17-14/h3-10,13H,2H2,1H3. The molecule has 0 N–H and O–H groups in total. The highest BCUT2D eigenvalue weighted by Gasteiger charge is 2.19. The van der Waals surface area contributed by atoms with E-state index < -0.39 is 0 Å². The highest BCUT2D eigenvalue weighted by atomic mass is 35.5. The molecule has 98 valence electrons. The van der Waals surface area contributed by atoms with Crippen LogP contribution in [0.1, 0.15) is 23.7 Å². The van der Waals surface area contributed by atoms with Crippen LogP contribution < -0.4 is 0 Å². The van der Waals surface area contributed by atoms with E-state index in [1.807, 2.05) is 43.3 Å². The summed E-state index contributed by atoms with van der Waals surface area (Å²) in [6.07, 6.45) is 2.37. The highest BCUT2D eigenvalue weighted by Crippen LogP contribution is 2.27. The van der Waals surface area contributed by atoms with E-state index in [4.69, 9.17) is 11.6 Å². The first-order valence-corrected chi connectivity index (χ1v) is 7.34. The smallest absolute Gasteiger partial charge is 0.176 e. The number of hydrogen-bond acceptors (Lipinski definition) is 3. The molecule has 0 spiro atoms. The van der Waals surface area contributed by atoms with Gasteiger partial charge in [0.1, 0.15) is 0 Å². The summed E-state index contributed by atoms with van der Waals surface area (Å²) >= 11 is 7.28. The second-order valence-electron chi connectivity index (χ2n) is 4.06. The van der Waals surface area contributed by atoms with Gasteiger partial charge in [-0.05, 0) is 18.6 Å². The van der Waals surface area contributed by atoms with E-state index >= 15 is 0 Å². The van der Waals surface area contributed by atoms with E-state index in [9.17, 15) is 4.79 Å². The molecule has 0 bridgehead atoms. The van der Waals surface area contributed by atoms with Crippen molar-refractivity contribution in [2.75, 3.05) is 0 Å². The summed E-state index contributed by atoms with van der Waals surface area (Å²) in [4.78, 5) is 16.6. The third kappa shape index (κ3) is 3.82. The van der Waals surface area contributed by atoms with Crippen molar-refractivity contribution in [1.29, 1.82) is 0 Å². The molecule has 1 heterocycles. The van der Waals surface area contributed by atoms with Gasteiger partial charge in [0.25, 0.3) is 0 Å². The SMILES string of the molecule is CCC(Sc1ccc(Cl)cn1)C(=O)c1ccccc1. The molecule has 1 aromatic carbocycles. The molecule has 1 aromatic heterocycles. The number of Topliss-reactive ketones (excluding diaryl/α,β-unsaturated/α-hetero) is 1. The average Bonchev–Trinajstić information content (AvgIpc) is 2.47. The number of aromatic nitrogens is 1. The highest BCUT2D eigenvalue weighted by molar-refractivity contribution is 8.00. The molecular weight excluding hydrogens is 278 g/mol. The fourth-order valence-corrected chi connectivity index (χ4v) is 2.76. The fourth-order valence-electron chi connectivity index (χ4n) is 1.69. The van der Waals surface area contributed by atoms with Crippen molar-refractivity contribution in [2.45, 2.75) is 23.6 Å². The second-order valence-corrected chi connectivity index (χ2v) is 5.72. The van der Waals surface area contributed by atoms with Crippen molar-refractivity contribution >= 4 is 29.1 Å². The summed E-state index contributed by atoms with van der Waals surface area (Å²) in [7, 11) is 0. The van der Waals surface area contributed by atoms with Gasteiger partial charge in [-0.3, -0.25) is 4.79 Å². The number of benzene rings is 1. The maximum atomic E-state index is 12.4. The van der Waals surface area contributed by atoms with E-state index in [0.29, 0.717) is 5.02 Å². The molecule has 2 nitrogen and oxygen atoms in total. The molecule has 0 saturated heterocycles. The third-order valence-corrected chi connectivity index (χ3v) is 4.22. The summed E-state index contributed by atoms with van der Waals surface area (Å²) < 4.78 is 0. The van der Waals surface area contributed by atoms with Crippen LogP contribution >= 0.6 is 23.4 Å². The van der Waals surface area contributed by atoms with Gasteiger partial charge in [0.2, 0.25) is 0 Å². The molecular formula is C15H14ClNOS. The molecule has 0 radical (unpaired) electrons. The maximum Gasteiger partial charge on any atom is 0.176 e. The number of halogens is 1. The van der Waals surface area contributed by atoms with Crippen molar-refractivity contribution in [2.24, 2.45) is 0 Å². The zero-order valence-electron chi connectivity index (χ0n) is 10.5. The lowest BCUT2D eigenvalue weighted by Crippen LogP contribution is -2.16. The first kappa shape index (κ1) is 14.1. The van der Waals surface area contributed by atoms with Crippen LogP contribution in [-0.2, 0) is 0 Å². The Balaban J connectivity index is 2.12. The number of carbonyl (C=O) groups excluding carboxylic acids is 1. The molecule has 0 aliphatic carbocycles. The van der Waals surface area contributed by atoms with Crippen molar-refractivity contribution in [3.8, 4) is 0 Å². The number of rotatable bonds is 5. The van der Waals surface area contributed by atoms with Crippen LogP contribution in [0, 0.1) is 0 Å². The average molecular weight is 292 g/mol. The molecule has 1 unspecified atom stereocenters. The van der Waals surface area contributed by atoms with Gasteiger partial charge in [-0.25, -0.2) is 4.98 Å². The lowest BCUT2D eigenvalue weighted by molar-refractivity contribution is 0.0988. The Labute approximate surface area is 122 Å². The number of carbonyl (C=O) groups is 1. The summed E-state index contributed by atoms with van der Waals surface area (Å²) in [5.41, 5.74) is 0.746. The molecule has 4 heteroatoms. The van der Waals surface area contributed by atoms with E-state index in [0.717, 1.165) is 17.0 Å². The second kappa shape index (κ2) is 6.73. The minimum absolute atomic E-state index is 0.115. The predicted molar refractivity (Wildman–Crippen MR) is 80.0 cm³/mol. The molecule has 2 rings (SSSR count). The summed E-state index contributed by atoms with van der Waals surface area (Å²) in [6.45, 7) is 2.01. The predicted octanol–water partition coefficient (Wildman–Crippen LogP) is 4.49. The van der Waals surface area contributed by atoms with Crippen molar-refractivity contribution in [1.82, 2.24) is 4.98 Å². The number of thioether (sulfide) groups is 1. The fraction of sp³-hybridized carbons (Fsp3) is 0.200. The molecule has 0 amide bonds. The van der Waals surface area contributed by atoms with Crippen LogP contribution in [0.3, 0.4) is 0 Å². The molecule has 0 fully saturated rings. The molecule has 19 heavy (non-hydrogen) atoms. The maximum absolute atomic E-state index is 12.4. The molecule has 1 atom stereocenters. The van der Waals surface area contributed by atoms with E-state index in [1.165, 1.54) is 11.8 Å². The Morgan fingerprint density at radius 3 is 2.58 bits per heavy atom. The van der Waals surface area contributed by atoms with Gasteiger partial charge in [-0.15, -0.1) is 0 Å². The topological polar surface area (TPSA) is 30.0 Å². The molecule has 0 saturated carbocycles. The van der Waals surface area contributed by atoms with Crippen molar-refractivity contribution in [3.63, 3.8) is 0 Å². The van der Waals surface area contributed by atoms with Gasteiger partial charge < -0.3 is 0 Å². The Morgan fingerprint density at radius 2 is 2.00 bits per heavy atom. The lowest BCUT2D eigenvalue weighted by Gasteiger charge is -2.12. The zero-order chi connectivity index (χ0) is 13.7. The van der Waals surface area contributed by atoms with Gasteiger partial charge in [0, 0.05) is 11.8 Å². The van der Waals surface area contributed by atoms with Crippen LogP contribution in [0.2, 0.25) is 5.02 Å². The largest absolute Gasteiger partial charge is 0.293 e. The molecule has 0 aliphatic rings. The van der Waals surface area contributed by atoms with E-state index in [2.05, 4.69) is 4.98 Å². The first-order chi connectivity index (χ1) is 9.20. The van der Waals surface area contributed by atoms with Gasteiger partial charge in [-0.1, -0.05) is 60.6 Å². The number of ketones is 1. The number of hydrogen-bond donors (Lipinski definition) is 0. The summed E-state index contributed by atoms with van der Waals surface area (Å²) in [6, 6.07) is 13.0. The van der Waals surface area contributed by atoms with Crippen molar-refractivity contribution in [3.05, 3.63) is 59.2 Å². The lowest BCUT2D eigenvalue weighted by atomic mass is 10.1. The van der Waals surface area contributed by atoms with Gasteiger partial charge in [0.05, 0.1) is 15.3 Å². The number of pyridine rings is 1.